The zero-order chi connectivity index (χ0) is 10.9. The molecule has 1 aromatic rings. The molecular weight excluding hydrogens is 182 g/mol. The van der Waals surface area contributed by atoms with Crippen molar-refractivity contribution < 1.29 is 0 Å². The van der Waals surface area contributed by atoms with Gasteiger partial charge in [-0.05, 0) is 37.3 Å². The highest BCUT2D eigenvalue weighted by Gasteiger charge is 2.09. The molecule has 0 saturated carbocycles. The van der Waals surface area contributed by atoms with Gasteiger partial charge in [-0.15, -0.1) is 0 Å². The Morgan fingerprint density at radius 1 is 1.07 bits per heavy atom. The zero-order valence-corrected chi connectivity index (χ0v) is 9.78. The van der Waals surface area contributed by atoms with Crippen LogP contribution in [0.3, 0.4) is 0 Å². The summed E-state index contributed by atoms with van der Waals surface area (Å²) in [6, 6.07) is 10.9. The molecule has 0 saturated heterocycles. The molecule has 1 aromatic carbocycles. The van der Waals surface area contributed by atoms with Crippen molar-refractivity contribution in [3.63, 3.8) is 0 Å². The van der Waals surface area contributed by atoms with Crippen LogP contribution in [0.15, 0.2) is 30.3 Å². The fraction of sp³-hybridized carbons (Fsp3) is 0.571. The van der Waals surface area contributed by atoms with Crippen molar-refractivity contribution >= 4 is 0 Å². The summed E-state index contributed by atoms with van der Waals surface area (Å²) >= 11 is 0. The van der Waals surface area contributed by atoms with Gasteiger partial charge in [0.05, 0.1) is 0 Å². The normalized spacial score (nSPS) is 12.7. The third kappa shape index (κ3) is 4.48. The molecule has 1 heteroatoms. The van der Waals surface area contributed by atoms with Gasteiger partial charge < -0.3 is 5.73 Å². The monoisotopic (exact) mass is 205 g/mol. The highest BCUT2D eigenvalue weighted by atomic mass is 14.5. The van der Waals surface area contributed by atoms with Crippen molar-refractivity contribution in [2.75, 3.05) is 6.54 Å². The fourth-order valence-corrected chi connectivity index (χ4v) is 2.09. The van der Waals surface area contributed by atoms with Gasteiger partial charge in [0.2, 0.25) is 0 Å². The third-order valence-corrected chi connectivity index (χ3v) is 2.91. The highest BCUT2D eigenvalue weighted by molar-refractivity contribution is 5.19. The molecule has 0 bridgehead atoms. The molecule has 1 unspecified atom stereocenters. The lowest BCUT2D eigenvalue weighted by atomic mass is 9.90. The van der Waals surface area contributed by atoms with E-state index in [4.69, 9.17) is 5.73 Å². The van der Waals surface area contributed by atoms with Crippen LogP contribution in [-0.4, -0.2) is 6.54 Å². The molecule has 2 N–H and O–H groups in total. The third-order valence-electron chi connectivity index (χ3n) is 2.91. The van der Waals surface area contributed by atoms with E-state index in [1.54, 1.807) is 0 Å². The van der Waals surface area contributed by atoms with E-state index >= 15 is 0 Å². The Morgan fingerprint density at radius 3 is 2.40 bits per heavy atom. The van der Waals surface area contributed by atoms with Crippen LogP contribution in [0, 0.1) is 0 Å². The van der Waals surface area contributed by atoms with Crippen molar-refractivity contribution in [1.29, 1.82) is 0 Å². The summed E-state index contributed by atoms with van der Waals surface area (Å²) in [6.45, 7) is 3.09. The van der Waals surface area contributed by atoms with Gasteiger partial charge in [-0.2, -0.15) is 0 Å². The average Bonchev–Trinajstić information content (AvgIpc) is 2.29. The van der Waals surface area contributed by atoms with Gasteiger partial charge in [0.15, 0.2) is 0 Å². The van der Waals surface area contributed by atoms with Gasteiger partial charge in [0.25, 0.3) is 0 Å². The Hall–Kier alpha value is -0.820. The number of benzene rings is 1. The first-order valence-corrected chi connectivity index (χ1v) is 6.13. The Kier molecular flexibility index (Phi) is 6.10. The first kappa shape index (κ1) is 12.3. The van der Waals surface area contributed by atoms with E-state index in [2.05, 4.69) is 37.3 Å². The fourth-order valence-electron chi connectivity index (χ4n) is 2.09. The maximum Gasteiger partial charge on any atom is -0.00773 e. The predicted molar refractivity (Wildman–Crippen MR) is 67.0 cm³/mol. The van der Waals surface area contributed by atoms with Crippen LogP contribution in [-0.2, 0) is 0 Å². The molecule has 84 valence electrons. The number of hydrogen-bond acceptors (Lipinski definition) is 1. The summed E-state index contributed by atoms with van der Waals surface area (Å²) in [5.41, 5.74) is 7.02. The Labute approximate surface area is 93.7 Å². The molecule has 0 aliphatic carbocycles. The van der Waals surface area contributed by atoms with Crippen LogP contribution < -0.4 is 5.73 Å². The zero-order valence-electron chi connectivity index (χ0n) is 9.78. The quantitative estimate of drug-likeness (QED) is 0.675. The van der Waals surface area contributed by atoms with Crippen molar-refractivity contribution in [2.24, 2.45) is 5.73 Å². The lowest BCUT2D eigenvalue weighted by molar-refractivity contribution is 0.534. The average molecular weight is 205 g/mol. The van der Waals surface area contributed by atoms with Crippen LogP contribution >= 0.6 is 0 Å². The molecule has 1 atom stereocenters. The van der Waals surface area contributed by atoms with Crippen molar-refractivity contribution in [2.45, 2.75) is 44.9 Å². The van der Waals surface area contributed by atoms with E-state index in [-0.39, 0.29) is 0 Å². The van der Waals surface area contributed by atoms with Gasteiger partial charge in [-0.25, -0.2) is 0 Å². The van der Waals surface area contributed by atoms with Crippen molar-refractivity contribution in [3.05, 3.63) is 35.9 Å². The van der Waals surface area contributed by atoms with Crippen LogP contribution in [0.25, 0.3) is 0 Å². The van der Waals surface area contributed by atoms with Crippen LogP contribution in [0.4, 0.5) is 0 Å². The van der Waals surface area contributed by atoms with Crippen LogP contribution in [0.1, 0.15) is 50.5 Å². The van der Waals surface area contributed by atoms with Gasteiger partial charge in [-0.3, -0.25) is 0 Å². The molecule has 0 aromatic heterocycles. The first-order chi connectivity index (χ1) is 7.38. The number of nitrogens with two attached hydrogens (primary N) is 1. The molecule has 15 heavy (non-hydrogen) atoms. The van der Waals surface area contributed by atoms with E-state index in [0.717, 1.165) is 18.9 Å². The summed E-state index contributed by atoms with van der Waals surface area (Å²) in [5, 5.41) is 0. The highest BCUT2D eigenvalue weighted by Crippen LogP contribution is 2.26. The second kappa shape index (κ2) is 7.47. The largest absolute Gasteiger partial charge is 0.330 e. The second-order valence-corrected chi connectivity index (χ2v) is 4.18. The summed E-state index contributed by atoms with van der Waals surface area (Å²) in [5.74, 6) is 0.739. The maximum absolute atomic E-state index is 5.53. The second-order valence-electron chi connectivity index (χ2n) is 4.18. The molecule has 0 radical (unpaired) electrons. The van der Waals surface area contributed by atoms with E-state index in [9.17, 15) is 0 Å². The molecule has 0 aliphatic rings. The standard InChI is InChI=1S/C14H23N/c1-2-8-13(11-6-7-12-15)14-9-4-3-5-10-14/h3-5,9-10,13H,2,6-8,11-12,15H2,1H3. The Morgan fingerprint density at radius 2 is 1.80 bits per heavy atom. The minimum atomic E-state index is 0.739. The molecule has 0 fully saturated rings. The molecule has 0 amide bonds. The summed E-state index contributed by atoms with van der Waals surface area (Å²) in [7, 11) is 0. The smallest absolute Gasteiger partial charge is 0.00773 e. The number of hydrogen-bond donors (Lipinski definition) is 1. The molecule has 0 spiro atoms. The van der Waals surface area contributed by atoms with Gasteiger partial charge in [0.1, 0.15) is 0 Å². The van der Waals surface area contributed by atoms with Crippen LogP contribution in [0.5, 0.6) is 0 Å². The molecule has 0 aliphatic heterocycles. The topological polar surface area (TPSA) is 26.0 Å². The summed E-state index contributed by atoms with van der Waals surface area (Å²) in [6.07, 6.45) is 6.27. The molecular formula is C14H23N. The molecule has 1 rings (SSSR count). The minimum Gasteiger partial charge on any atom is -0.330 e. The number of rotatable bonds is 7. The predicted octanol–water partition coefficient (Wildman–Crippen LogP) is 3.70. The van der Waals surface area contributed by atoms with E-state index in [0.29, 0.717) is 0 Å². The first-order valence-electron chi connectivity index (χ1n) is 6.13. The van der Waals surface area contributed by atoms with Gasteiger partial charge in [-0.1, -0.05) is 50.1 Å². The Balaban J connectivity index is 2.50. The number of unbranched alkanes of at least 4 members (excludes halogenated alkanes) is 1. The summed E-state index contributed by atoms with van der Waals surface area (Å²) in [4.78, 5) is 0. The van der Waals surface area contributed by atoms with E-state index in [1.807, 2.05) is 0 Å². The summed E-state index contributed by atoms with van der Waals surface area (Å²) < 4.78 is 0. The van der Waals surface area contributed by atoms with Gasteiger partial charge >= 0.3 is 0 Å². The lowest BCUT2D eigenvalue weighted by Crippen LogP contribution is -2.02. The van der Waals surface area contributed by atoms with Crippen LogP contribution in [0.2, 0.25) is 0 Å². The SMILES string of the molecule is CCCC(CCCCN)c1ccccc1. The Bertz CT molecular complexity index is 243. The van der Waals surface area contributed by atoms with E-state index in [1.165, 1.54) is 31.2 Å². The molecule has 1 nitrogen and oxygen atoms in total. The lowest BCUT2D eigenvalue weighted by Gasteiger charge is -2.16. The van der Waals surface area contributed by atoms with Crippen molar-refractivity contribution in [1.82, 2.24) is 0 Å². The van der Waals surface area contributed by atoms with Crippen molar-refractivity contribution in [3.8, 4) is 0 Å². The minimum absolute atomic E-state index is 0.739. The maximum atomic E-state index is 5.53. The molecule has 0 heterocycles. The van der Waals surface area contributed by atoms with Gasteiger partial charge in [0, 0.05) is 0 Å². The van der Waals surface area contributed by atoms with E-state index < -0.39 is 0 Å².